The topological polar surface area (TPSA) is 43.7 Å². The van der Waals surface area contributed by atoms with Crippen molar-refractivity contribution in [3.8, 4) is 5.75 Å². The van der Waals surface area contributed by atoms with Gasteiger partial charge in [-0.05, 0) is 32.3 Å². The molecule has 2 N–H and O–H groups in total. The highest BCUT2D eigenvalue weighted by atomic mass is 16.3. The van der Waals surface area contributed by atoms with E-state index < -0.39 is 16.9 Å². The lowest BCUT2D eigenvalue weighted by molar-refractivity contribution is -0.0383. The van der Waals surface area contributed by atoms with Crippen molar-refractivity contribution in [3.05, 3.63) is 5.56 Å². The average molecular weight is 352 g/mol. The van der Waals surface area contributed by atoms with Crippen LogP contribution in [-0.2, 0) is 0 Å². The first-order valence-corrected chi connectivity index (χ1v) is 9.37. The van der Waals surface area contributed by atoms with Gasteiger partial charge in [0.05, 0.1) is 27.0 Å². The summed E-state index contributed by atoms with van der Waals surface area (Å²) in [5.41, 5.74) is -1.05. The van der Waals surface area contributed by atoms with Gasteiger partial charge in [-0.15, -0.1) is 0 Å². The summed E-state index contributed by atoms with van der Waals surface area (Å²) < 4.78 is 0. The van der Waals surface area contributed by atoms with Gasteiger partial charge in [-0.25, -0.2) is 0 Å². The third-order valence-corrected chi connectivity index (χ3v) is 5.45. The minimum Gasteiger partial charge on any atom is -0.509 e. The molecule has 0 bridgehead atoms. The Morgan fingerprint density at radius 2 is 1.30 bits per heavy atom. The number of aromatic hydroxyl groups is 1. The second kappa shape index (κ2) is 9.22. The van der Waals surface area contributed by atoms with E-state index in [4.69, 9.17) is 47.1 Å². The van der Waals surface area contributed by atoms with E-state index in [0.717, 1.165) is 19.3 Å². The van der Waals surface area contributed by atoms with Gasteiger partial charge in [0.2, 0.25) is 0 Å². The molecule has 1 aromatic rings. The Balaban J connectivity index is 0.00000176. The number of benzene rings is 1. The van der Waals surface area contributed by atoms with E-state index in [1.165, 1.54) is 0 Å². The maximum Gasteiger partial charge on any atom is 0.118 e. The monoisotopic (exact) mass is 353 g/mol. The van der Waals surface area contributed by atoms with E-state index in [9.17, 15) is 10.2 Å². The maximum absolute atomic E-state index is 11.4. The highest BCUT2D eigenvalue weighted by Gasteiger charge is 2.48. The molecule has 1 saturated carbocycles. The molecule has 0 saturated heterocycles. The van der Waals surface area contributed by atoms with Crippen molar-refractivity contribution in [2.75, 3.05) is 14.1 Å². The van der Waals surface area contributed by atoms with Gasteiger partial charge in [0.1, 0.15) is 31.4 Å². The van der Waals surface area contributed by atoms with Crippen molar-refractivity contribution in [3.63, 3.8) is 0 Å². The minimum absolute atomic E-state index is 0.0373. The lowest BCUT2D eigenvalue weighted by Gasteiger charge is -2.52. The molecule has 27 heavy (non-hydrogen) atoms. The zero-order valence-electron chi connectivity index (χ0n) is 16.9. The smallest absolute Gasteiger partial charge is 0.118 e. The third-order valence-electron chi connectivity index (χ3n) is 5.45. The predicted molar refractivity (Wildman–Crippen MR) is 120 cm³/mol. The number of aliphatic hydroxyl groups is 1. The molecule has 12 radical (unpaired) electrons. The van der Waals surface area contributed by atoms with Gasteiger partial charge in [-0.1, -0.05) is 60.5 Å². The lowest BCUT2D eigenvalue weighted by atomic mass is 9.45. The van der Waals surface area contributed by atoms with Gasteiger partial charge in [-0.2, -0.15) is 0 Å². The van der Waals surface area contributed by atoms with E-state index in [-0.39, 0.29) is 33.2 Å². The number of rotatable bonds is 4. The van der Waals surface area contributed by atoms with Crippen LogP contribution in [0.15, 0.2) is 0 Å². The molecule has 1 unspecified atom stereocenters. The van der Waals surface area contributed by atoms with Gasteiger partial charge in [0.25, 0.3) is 0 Å². The molecule has 0 amide bonds. The molecule has 1 aliphatic carbocycles. The molecule has 1 aliphatic rings. The summed E-state index contributed by atoms with van der Waals surface area (Å²) in [4.78, 5) is 1.60. The number of hydrogen-bond acceptors (Lipinski definition) is 3. The van der Waals surface area contributed by atoms with Gasteiger partial charge < -0.3 is 15.1 Å². The van der Waals surface area contributed by atoms with Crippen molar-refractivity contribution < 1.29 is 10.2 Å². The molecule has 2 rings (SSSR count). The van der Waals surface area contributed by atoms with Crippen LogP contribution in [0.1, 0.15) is 57.4 Å². The highest BCUT2D eigenvalue weighted by molar-refractivity contribution is 6.59. The van der Waals surface area contributed by atoms with Crippen molar-refractivity contribution in [1.29, 1.82) is 0 Å². The Bertz CT molecular complexity index is 631. The average Bonchev–Trinajstić information content (AvgIpc) is 2.63. The maximum atomic E-state index is 11.4. The van der Waals surface area contributed by atoms with Crippen LogP contribution in [0.5, 0.6) is 5.75 Å². The molecule has 1 fully saturated rings. The summed E-state index contributed by atoms with van der Waals surface area (Å²) in [6.45, 7) is 4.00. The van der Waals surface area contributed by atoms with Gasteiger partial charge in [0, 0.05) is 5.92 Å². The van der Waals surface area contributed by atoms with Crippen LogP contribution in [0, 0.1) is 0 Å². The molecular formula is C18H25B6NO2. The Labute approximate surface area is 172 Å². The first-order chi connectivity index (χ1) is 12.4. The number of phenolic OH excluding ortho intramolecular Hbond substituents is 1. The summed E-state index contributed by atoms with van der Waals surface area (Å²) in [6, 6.07) is 0. The SMILES string of the molecule is CC.[B]c1c([B])c(C(C2(O)CCCCC2)C([B])([B])N(C)C)c([B])c([B])c1O. The van der Waals surface area contributed by atoms with Crippen LogP contribution < -0.4 is 21.9 Å². The molecule has 132 valence electrons. The highest BCUT2D eigenvalue weighted by Crippen LogP contribution is 2.44. The lowest BCUT2D eigenvalue weighted by Crippen LogP contribution is -2.62. The summed E-state index contributed by atoms with van der Waals surface area (Å²) >= 11 is 0. The molecule has 0 aromatic heterocycles. The van der Waals surface area contributed by atoms with E-state index >= 15 is 0 Å². The van der Waals surface area contributed by atoms with Crippen LogP contribution in [0.3, 0.4) is 0 Å². The van der Waals surface area contributed by atoms with Crippen molar-refractivity contribution >= 4 is 68.9 Å². The fourth-order valence-electron chi connectivity index (χ4n) is 3.79. The molecule has 0 spiro atoms. The van der Waals surface area contributed by atoms with Crippen LogP contribution in [0.2, 0.25) is 0 Å². The minimum atomic E-state index is -1.47. The number of phenols is 1. The second-order valence-electron chi connectivity index (χ2n) is 7.30. The van der Waals surface area contributed by atoms with E-state index in [0.29, 0.717) is 12.8 Å². The summed E-state index contributed by atoms with van der Waals surface area (Å²) in [5.74, 6) is -1.22. The van der Waals surface area contributed by atoms with Crippen molar-refractivity contribution in [2.24, 2.45) is 0 Å². The van der Waals surface area contributed by atoms with E-state index in [1.807, 2.05) is 13.8 Å². The molecular weight excluding hydrogens is 327 g/mol. The molecule has 9 heteroatoms. The fraction of sp³-hybridized carbons (Fsp3) is 0.667. The summed E-state index contributed by atoms with van der Waals surface area (Å²) in [5, 5.41) is 20.0. The first-order valence-electron chi connectivity index (χ1n) is 9.37. The standard InChI is InChI=1S/C16H19B6NO2.C2H6/c1-23(2)16(21,22)14(15(25)6-4-3-5-7-15)8-9(17)11(19)13(24)12(20)10(8)18;1-2/h14,24-25H,3-7H2,1-2H3;1-2H3. The molecule has 0 aliphatic heterocycles. The predicted octanol–water partition coefficient (Wildman–Crippen LogP) is -2.08. The number of hydrogen-bond donors (Lipinski definition) is 2. The van der Waals surface area contributed by atoms with Gasteiger partial charge in [0.15, 0.2) is 0 Å². The molecule has 3 nitrogen and oxygen atoms in total. The summed E-state index contributed by atoms with van der Waals surface area (Å²) in [7, 11) is 40.3. The quantitative estimate of drug-likeness (QED) is 0.612. The molecule has 1 atom stereocenters. The Morgan fingerprint density at radius 1 is 0.889 bits per heavy atom. The number of nitrogens with zero attached hydrogens (tertiary/aromatic N) is 1. The van der Waals surface area contributed by atoms with Crippen molar-refractivity contribution in [2.45, 2.75) is 62.8 Å². The van der Waals surface area contributed by atoms with Crippen LogP contribution in [0.4, 0.5) is 0 Å². The van der Waals surface area contributed by atoms with Gasteiger partial charge in [-0.3, -0.25) is 0 Å². The third kappa shape index (κ3) is 4.50. The zero-order chi connectivity index (χ0) is 21.2. The van der Waals surface area contributed by atoms with Crippen LogP contribution in [-0.4, -0.2) is 87.2 Å². The normalized spacial score (nSPS) is 17.9. The van der Waals surface area contributed by atoms with E-state index in [2.05, 4.69) is 0 Å². The van der Waals surface area contributed by atoms with Crippen LogP contribution >= 0.6 is 0 Å². The molecule has 1 aromatic carbocycles. The Morgan fingerprint density at radius 3 is 1.67 bits per heavy atom. The van der Waals surface area contributed by atoms with Crippen molar-refractivity contribution in [1.82, 2.24) is 4.90 Å². The molecule has 0 heterocycles. The Hall–Kier alpha value is -0.670. The van der Waals surface area contributed by atoms with Gasteiger partial charge >= 0.3 is 0 Å². The zero-order valence-corrected chi connectivity index (χ0v) is 16.9. The largest absolute Gasteiger partial charge is 0.509 e. The second-order valence-corrected chi connectivity index (χ2v) is 7.30. The fourth-order valence-corrected chi connectivity index (χ4v) is 3.79. The van der Waals surface area contributed by atoms with E-state index in [1.54, 1.807) is 19.0 Å². The first kappa shape index (κ1) is 24.4. The van der Waals surface area contributed by atoms with Crippen LogP contribution in [0.25, 0.3) is 0 Å². The number of likely N-dealkylation sites (N-methyl/N-ethyl adjacent to an activating group) is 1. The summed E-state index contributed by atoms with van der Waals surface area (Å²) in [6.07, 6.45) is 3.69. The Kier molecular flexibility index (Phi) is 8.32.